The van der Waals surface area contributed by atoms with E-state index in [2.05, 4.69) is 15.5 Å². The largest absolute Gasteiger partial charge is 0.472 e. The number of nitrogens with one attached hydrogen (secondary N) is 1. The molecule has 0 saturated heterocycles. The van der Waals surface area contributed by atoms with Gasteiger partial charge < -0.3 is 19.4 Å². The van der Waals surface area contributed by atoms with Crippen LogP contribution in [0.3, 0.4) is 0 Å². The number of carbonyl (C=O) groups excluding carboxylic acids is 1. The Bertz CT molecular complexity index is 602. The molecule has 2 heterocycles. The van der Waals surface area contributed by atoms with E-state index in [0.717, 1.165) is 18.4 Å². The zero-order valence-electron chi connectivity index (χ0n) is 11.5. The van der Waals surface area contributed by atoms with E-state index in [1.54, 1.807) is 6.07 Å². The molecule has 7 heteroatoms. The first-order valence-electron chi connectivity index (χ1n) is 6.93. The molecule has 1 saturated carbocycles. The molecule has 0 radical (unpaired) electrons. The summed E-state index contributed by atoms with van der Waals surface area (Å²) in [5.74, 6) is 0.804. The van der Waals surface area contributed by atoms with Gasteiger partial charge >= 0.3 is 0 Å². The van der Waals surface area contributed by atoms with Crippen molar-refractivity contribution in [3.63, 3.8) is 0 Å². The monoisotopic (exact) mass is 291 g/mol. The first kappa shape index (κ1) is 13.8. The Morgan fingerprint density at radius 1 is 1.48 bits per heavy atom. The minimum absolute atomic E-state index is 0.0715. The first-order valence-corrected chi connectivity index (χ1v) is 6.93. The molecule has 0 aromatic carbocycles. The second-order valence-corrected chi connectivity index (χ2v) is 5.46. The predicted octanol–water partition coefficient (Wildman–Crippen LogP) is 1.15. The van der Waals surface area contributed by atoms with Crippen LogP contribution in [-0.2, 0) is 11.2 Å². The van der Waals surface area contributed by atoms with E-state index in [4.69, 9.17) is 8.94 Å². The summed E-state index contributed by atoms with van der Waals surface area (Å²) in [6.07, 6.45) is 5.69. The van der Waals surface area contributed by atoms with Gasteiger partial charge in [0.25, 0.3) is 0 Å². The van der Waals surface area contributed by atoms with Crippen LogP contribution in [0.15, 0.2) is 27.5 Å². The Labute approximate surface area is 121 Å². The topological polar surface area (TPSA) is 101 Å². The number of aromatic nitrogens is 2. The average Bonchev–Trinajstić information content (AvgIpc) is 2.93. The molecule has 1 aliphatic rings. The third-order valence-electron chi connectivity index (χ3n) is 3.77. The lowest BCUT2D eigenvalue weighted by Crippen LogP contribution is -2.31. The molecular formula is C14H17N3O4. The van der Waals surface area contributed by atoms with E-state index >= 15 is 0 Å². The van der Waals surface area contributed by atoms with Gasteiger partial charge in [-0.25, -0.2) is 0 Å². The Morgan fingerprint density at radius 2 is 2.33 bits per heavy atom. The van der Waals surface area contributed by atoms with Gasteiger partial charge in [-0.3, -0.25) is 4.79 Å². The number of aryl methyl sites for hydroxylation is 1. The fourth-order valence-corrected chi connectivity index (χ4v) is 2.03. The standard InChI is InChI=1S/C14H17N3O4/c18-9-14(4-5-14)8-15-11(19)1-2-12-16-13(17-21-12)10-3-6-20-7-10/h3,6-7,18H,1-2,4-5,8-9H2,(H,15,19). The molecule has 0 spiro atoms. The summed E-state index contributed by atoms with van der Waals surface area (Å²) >= 11 is 0. The second-order valence-electron chi connectivity index (χ2n) is 5.46. The maximum absolute atomic E-state index is 11.7. The number of furan rings is 1. The average molecular weight is 291 g/mol. The number of carbonyl (C=O) groups is 1. The summed E-state index contributed by atoms with van der Waals surface area (Å²) in [6, 6.07) is 1.74. The Balaban J connectivity index is 1.45. The molecule has 2 aromatic heterocycles. The van der Waals surface area contributed by atoms with Crippen molar-refractivity contribution in [1.82, 2.24) is 15.5 Å². The smallest absolute Gasteiger partial charge is 0.227 e. The second kappa shape index (κ2) is 5.69. The van der Waals surface area contributed by atoms with Gasteiger partial charge in [-0.15, -0.1) is 0 Å². The van der Waals surface area contributed by atoms with Crippen molar-refractivity contribution in [2.75, 3.05) is 13.2 Å². The van der Waals surface area contributed by atoms with Gasteiger partial charge in [0.2, 0.25) is 17.6 Å². The lowest BCUT2D eigenvalue weighted by Gasteiger charge is -2.12. The van der Waals surface area contributed by atoms with Crippen molar-refractivity contribution < 1.29 is 18.8 Å². The summed E-state index contributed by atoms with van der Waals surface area (Å²) in [4.78, 5) is 15.9. The lowest BCUT2D eigenvalue weighted by molar-refractivity contribution is -0.121. The minimum atomic E-state index is -0.0748. The van der Waals surface area contributed by atoms with E-state index in [1.165, 1.54) is 12.5 Å². The number of hydrogen-bond donors (Lipinski definition) is 2. The number of amides is 1. The number of hydrogen-bond acceptors (Lipinski definition) is 6. The first-order chi connectivity index (χ1) is 10.2. The molecule has 0 atom stereocenters. The van der Waals surface area contributed by atoms with E-state index in [1.807, 2.05) is 0 Å². The fourth-order valence-electron chi connectivity index (χ4n) is 2.03. The van der Waals surface area contributed by atoms with Crippen molar-refractivity contribution in [3.05, 3.63) is 24.5 Å². The van der Waals surface area contributed by atoms with Gasteiger partial charge in [-0.1, -0.05) is 5.16 Å². The Kier molecular flexibility index (Phi) is 3.74. The van der Waals surface area contributed by atoms with Gasteiger partial charge in [-0.2, -0.15) is 4.98 Å². The molecule has 0 bridgehead atoms. The summed E-state index contributed by atoms with van der Waals surface area (Å²) in [7, 11) is 0. The van der Waals surface area contributed by atoms with Crippen LogP contribution in [0.1, 0.15) is 25.2 Å². The van der Waals surface area contributed by atoms with Gasteiger partial charge in [0.05, 0.1) is 18.4 Å². The van der Waals surface area contributed by atoms with Crippen molar-refractivity contribution in [1.29, 1.82) is 0 Å². The number of aliphatic hydroxyl groups is 1. The van der Waals surface area contributed by atoms with Crippen LogP contribution in [0.5, 0.6) is 0 Å². The predicted molar refractivity (Wildman–Crippen MR) is 72.1 cm³/mol. The van der Waals surface area contributed by atoms with E-state index < -0.39 is 0 Å². The zero-order valence-corrected chi connectivity index (χ0v) is 11.5. The van der Waals surface area contributed by atoms with E-state index in [0.29, 0.717) is 24.7 Å². The molecule has 0 unspecified atom stereocenters. The summed E-state index contributed by atoms with van der Waals surface area (Å²) in [6.45, 7) is 0.664. The highest BCUT2D eigenvalue weighted by atomic mass is 16.5. The van der Waals surface area contributed by atoms with E-state index in [-0.39, 0.29) is 24.3 Å². The molecule has 1 aliphatic carbocycles. The SMILES string of the molecule is O=C(CCc1nc(-c2ccoc2)no1)NCC1(CO)CC1. The molecular weight excluding hydrogens is 274 g/mol. The molecule has 2 aromatic rings. The lowest BCUT2D eigenvalue weighted by atomic mass is 10.1. The maximum Gasteiger partial charge on any atom is 0.227 e. The van der Waals surface area contributed by atoms with Crippen molar-refractivity contribution >= 4 is 5.91 Å². The number of nitrogens with zero attached hydrogens (tertiary/aromatic N) is 2. The Morgan fingerprint density at radius 3 is 3.00 bits per heavy atom. The molecule has 21 heavy (non-hydrogen) atoms. The Hall–Kier alpha value is -2.15. The van der Waals surface area contributed by atoms with Crippen molar-refractivity contribution in [3.8, 4) is 11.4 Å². The summed E-state index contributed by atoms with van der Waals surface area (Å²) in [5, 5.41) is 15.8. The summed E-state index contributed by atoms with van der Waals surface area (Å²) in [5.41, 5.74) is 0.669. The minimum Gasteiger partial charge on any atom is -0.472 e. The number of aliphatic hydroxyl groups excluding tert-OH is 1. The normalized spacial score (nSPS) is 15.9. The van der Waals surface area contributed by atoms with Gasteiger partial charge in [-0.05, 0) is 18.9 Å². The third kappa shape index (κ3) is 3.30. The van der Waals surface area contributed by atoms with Gasteiger partial charge in [0.1, 0.15) is 6.26 Å². The highest BCUT2D eigenvalue weighted by Gasteiger charge is 2.41. The van der Waals surface area contributed by atoms with Gasteiger partial charge in [0.15, 0.2) is 0 Å². The van der Waals surface area contributed by atoms with Crippen LogP contribution in [0.25, 0.3) is 11.4 Å². The number of rotatable bonds is 7. The molecule has 7 nitrogen and oxygen atoms in total. The van der Waals surface area contributed by atoms with Gasteiger partial charge in [0, 0.05) is 24.8 Å². The van der Waals surface area contributed by atoms with Crippen LogP contribution < -0.4 is 5.32 Å². The maximum atomic E-state index is 11.7. The van der Waals surface area contributed by atoms with Crippen LogP contribution in [0.2, 0.25) is 0 Å². The molecule has 3 rings (SSSR count). The van der Waals surface area contributed by atoms with Crippen LogP contribution in [-0.4, -0.2) is 34.3 Å². The quantitative estimate of drug-likeness (QED) is 0.793. The van der Waals surface area contributed by atoms with Crippen LogP contribution >= 0.6 is 0 Å². The fraction of sp³-hybridized carbons (Fsp3) is 0.500. The molecule has 1 amide bonds. The van der Waals surface area contributed by atoms with Crippen LogP contribution in [0.4, 0.5) is 0 Å². The molecule has 112 valence electrons. The molecule has 2 N–H and O–H groups in total. The third-order valence-corrected chi connectivity index (χ3v) is 3.77. The van der Waals surface area contributed by atoms with Crippen molar-refractivity contribution in [2.24, 2.45) is 5.41 Å². The van der Waals surface area contributed by atoms with Crippen LogP contribution in [0, 0.1) is 5.41 Å². The van der Waals surface area contributed by atoms with E-state index in [9.17, 15) is 9.90 Å². The molecule has 1 fully saturated rings. The summed E-state index contributed by atoms with van der Waals surface area (Å²) < 4.78 is 10.0. The molecule has 0 aliphatic heterocycles. The highest BCUT2D eigenvalue weighted by Crippen LogP contribution is 2.44. The highest BCUT2D eigenvalue weighted by molar-refractivity contribution is 5.76. The van der Waals surface area contributed by atoms with Crippen molar-refractivity contribution in [2.45, 2.75) is 25.7 Å². The zero-order chi connectivity index (χ0) is 14.7.